The summed E-state index contributed by atoms with van der Waals surface area (Å²) in [5.74, 6) is -0.227. The number of carbonyl (C=O) groups excluding carboxylic acids is 2. The second-order valence-corrected chi connectivity index (χ2v) is 8.16. The number of benzene rings is 2. The third-order valence-corrected chi connectivity index (χ3v) is 5.70. The van der Waals surface area contributed by atoms with Crippen molar-refractivity contribution in [1.29, 1.82) is 0 Å². The van der Waals surface area contributed by atoms with Crippen LogP contribution in [0.2, 0.25) is 0 Å². The summed E-state index contributed by atoms with van der Waals surface area (Å²) >= 11 is 1.67. The highest BCUT2D eigenvalue weighted by Gasteiger charge is 2.17. The second-order valence-electron chi connectivity index (χ2n) is 7.18. The van der Waals surface area contributed by atoms with E-state index in [1.165, 1.54) is 4.88 Å². The SMILES string of the molecule is Cc1ccc(C(=O)Nc2ccccc2)cc1NC(=O)NCC(c1cccs1)N(C)C. The van der Waals surface area contributed by atoms with Gasteiger partial charge in [0.15, 0.2) is 0 Å². The van der Waals surface area contributed by atoms with Crippen LogP contribution in [0, 0.1) is 6.92 Å². The molecule has 156 valence electrons. The fraction of sp³-hybridized carbons (Fsp3) is 0.217. The van der Waals surface area contributed by atoms with E-state index in [0.717, 1.165) is 11.3 Å². The molecule has 0 fully saturated rings. The lowest BCUT2D eigenvalue weighted by molar-refractivity contribution is 0.102. The summed E-state index contributed by atoms with van der Waals surface area (Å²) in [7, 11) is 3.98. The molecule has 3 rings (SSSR count). The summed E-state index contributed by atoms with van der Waals surface area (Å²) in [6.07, 6.45) is 0. The minimum absolute atomic E-state index is 0.0971. The zero-order chi connectivity index (χ0) is 21.5. The van der Waals surface area contributed by atoms with Gasteiger partial charge in [0, 0.05) is 28.4 Å². The molecule has 0 saturated carbocycles. The number of para-hydroxylation sites is 1. The van der Waals surface area contributed by atoms with Crippen molar-refractivity contribution < 1.29 is 9.59 Å². The van der Waals surface area contributed by atoms with E-state index >= 15 is 0 Å². The van der Waals surface area contributed by atoms with Gasteiger partial charge in [-0.3, -0.25) is 4.79 Å². The topological polar surface area (TPSA) is 73.5 Å². The van der Waals surface area contributed by atoms with Crippen LogP contribution in [0.1, 0.15) is 26.8 Å². The van der Waals surface area contributed by atoms with E-state index in [4.69, 9.17) is 0 Å². The molecule has 0 radical (unpaired) electrons. The Balaban J connectivity index is 1.63. The number of likely N-dealkylation sites (N-methyl/N-ethyl adjacent to an activating group) is 1. The molecule has 3 aromatic rings. The van der Waals surface area contributed by atoms with Crippen molar-refractivity contribution in [2.75, 3.05) is 31.3 Å². The maximum absolute atomic E-state index is 12.5. The Morgan fingerprint density at radius 3 is 2.43 bits per heavy atom. The molecule has 7 heteroatoms. The Bertz CT molecular complexity index is 988. The van der Waals surface area contributed by atoms with Crippen molar-refractivity contribution in [1.82, 2.24) is 10.2 Å². The van der Waals surface area contributed by atoms with Gasteiger partial charge < -0.3 is 20.9 Å². The van der Waals surface area contributed by atoms with Gasteiger partial charge in [0.05, 0.1) is 6.04 Å². The van der Waals surface area contributed by atoms with E-state index in [9.17, 15) is 9.59 Å². The average Bonchev–Trinajstić information content (AvgIpc) is 3.24. The summed E-state index contributed by atoms with van der Waals surface area (Å²) in [6, 6.07) is 18.4. The Kier molecular flexibility index (Phi) is 7.21. The minimum Gasteiger partial charge on any atom is -0.336 e. The minimum atomic E-state index is -0.304. The molecule has 30 heavy (non-hydrogen) atoms. The van der Waals surface area contributed by atoms with Crippen LogP contribution in [0.4, 0.5) is 16.2 Å². The number of hydrogen-bond acceptors (Lipinski definition) is 4. The molecule has 0 aliphatic heterocycles. The van der Waals surface area contributed by atoms with Crippen molar-refractivity contribution in [3.05, 3.63) is 82.0 Å². The van der Waals surface area contributed by atoms with Gasteiger partial charge >= 0.3 is 6.03 Å². The Hall–Kier alpha value is -3.16. The average molecular weight is 423 g/mol. The summed E-state index contributed by atoms with van der Waals surface area (Å²) in [5, 5.41) is 10.7. The number of amides is 3. The number of aryl methyl sites for hydroxylation is 1. The third kappa shape index (κ3) is 5.68. The van der Waals surface area contributed by atoms with Gasteiger partial charge in [0.25, 0.3) is 5.91 Å². The standard InChI is InChI=1S/C23H26N4O2S/c1-16-11-12-17(22(28)25-18-8-5-4-6-9-18)14-19(16)26-23(29)24-15-20(27(2)3)21-10-7-13-30-21/h4-14,20H,15H2,1-3H3,(H,25,28)(H2,24,26,29). The lowest BCUT2D eigenvalue weighted by Crippen LogP contribution is -2.36. The van der Waals surface area contributed by atoms with Gasteiger partial charge in [-0.05, 0) is 62.3 Å². The molecule has 1 aromatic heterocycles. The zero-order valence-electron chi connectivity index (χ0n) is 17.3. The third-order valence-electron chi connectivity index (χ3n) is 4.73. The van der Waals surface area contributed by atoms with Crippen LogP contribution >= 0.6 is 11.3 Å². The molecule has 1 atom stereocenters. The first-order valence-electron chi connectivity index (χ1n) is 9.66. The lowest BCUT2D eigenvalue weighted by Gasteiger charge is -2.23. The van der Waals surface area contributed by atoms with Crippen molar-refractivity contribution in [2.24, 2.45) is 0 Å². The molecule has 3 N–H and O–H groups in total. The molecule has 0 saturated heterocycles. The van der Waals surface area contributed by atoms with Gasteiger partial charge in [0.2, 0.25) is 0 Å². The van der Waals surface area contributed by atoms with Crippen molar-refractivity contribution in [3.8, 4) is 0 Å². The number of carbonyl (C=O) groups is 2. The fourth-order valence-corrected chi connectivity index (χ4v) is 3.92. The van der Waals surface area contributed by atoms with E-state index < -0.39 is 0 Å². The summed E-state index contributed by atoms with van der Waals surface area (Å²) < 4.78 is 0. The van der Waals surface area contributed by atoms with E-state index in [0.29, 0.717) is 17.8 Å². The van der Waals surface area contributed by atoms with Crippen LogP contribution in [0.3, 0.4) is 0 Å². The molecule has 0 aliphatic rings. The molecule has 0 bridgehead atoms. The van der Waals surface area contributed by atoms with Crippen molar-refractivity contribution >= 4 is 34.6 Å². The molecular formula is C23H26N4O2S. The van der Waals surface area contributed by atoms with E-state index in [1.54, 1.807) is 23.5 Å². The quantitative estimate of drug-likeness (QED) is 0.515. The fourth-order valence-electron chi connectivity index (χ4n) is 3.00. The molecule has 0 spiro atoms. The van der Waals surface area contributed by atoms with E-state index in [-0.39, 0.29) is 18.0 Å². The number of rotatable bonds is 7. The molecular weight excluding hydrogens is 396 g/mol. The highest BCUT2D eigenvalue weighted by molar-refractivity contribution is 7.10. The summed E-state index contributed by atoms with van der Waals surface area (Å²) in [5.41, 5.74) is 2.68. The second kappa shape index (κ2) is 10.0. The van der Waals surface area contributed by atoms with Gasteiger partial charge in [-0.25, -0.2) is 4.79 Å². The van der Waals surface area contributed by atoms with Crippen LogP contribution in [0.25, 0.3) is 0 Å². The van der Waals surface area contributed by atoms with Gasteiger partial charge in [-0.1, -0.05) is 30.3 Å². The first-order chi connectivity index (χ1) is 14.4. The number of thiophene rings is 1. The summed E-state index contributed by atoms with van der Waals surface area (Å²) in [4.78, 5) is 28.3. The highest BCUT2D eigenvalue weighted by Crippen LogP contribution is 2.22. The molecule has 6 nitrogen and oxygen atoms in total. The first-order valence-corrected chi connectivity index (χ1v) is 10.5. The van der Waals surface area contributed by atoms with Crippen molar-refractivity contribution in [3.63, 3.8) is 0 Å². The normalized spacial score (nSPS) is 11.7. The molecule has 2 aromatic carbocycles. The molecule has 1 unspecified atom stereocenters. The number of nitrogens with one attached hydrogen (secondary N) is 3. The molecule has 1 heterocycles. The van der Waals surface area contributed by atoms with Crippen molar-refractivity contribution in [2.45, 2.75) is 13.0 Å². The van der Waals surface area contributed by atoms with E-state index in [1.807, 2.05) is 68.9 Å². The Morgan fingerprint density at radius 2 is 1.77 bits per heavy atom. The number of nitrogens with zero attached hydrogens (tertiary/aromatic N) is 1. The molecule has 0 aliphatic carbocycles. The maximum Gasteiger partial charge on any atom is 0.319 e. The van der Waals surface area contributed by atoms with Gasteiger partial charge in [-0.15, -0.1) is 11.3 Å². The Morgan fingerprint density at radius 1 is 1.00 bits per heavy atom. The zero-order valence-corrected chi connectivity index (χ0v) is 18.1. The molecule has 3 amide bonds. The monoisotopic (exact) mass is 422 g/mol. The number of anilines is 2. The van der Waals surface area contributed by atoms with Crippen LogP contribution in [0.15, 0.2) is 66.0 Å². The first kappa shape index (κ1) is 21.5. The van der Waals surface area contributed by atoms with Gasteiger partial charge in [0.1, 0.15) is 0 Å². The highest BCUT2D eigenvalue weighted by atomic mass is 32.1. The predicted molar refractivity (Wildman–Crippen MR) is 123 cm³/mol. The van der Waals surface area contributed by atoms with Crippen LogP contribution in [-0.2, 0) is 0 Å². The van der Waals surface area contributed by atoms with Crippen LogP contribution in [-0.4, -0.2) is 37.5 Å². The van der Waals surface area contributed by atoms with E-state index in [2.05, 4.69) is 26.9 Å². The maximum atomic E-state index is 12.5. The largest absolute Gasteiger partial charge is 0.336 e. The number of hydrogen-bond donors (Lipinski definition) is 3. The lowest BCUT2D eigenvalue weighted by atomic mass is 10.1. The number of urea groups is 1. The smallest absolute Gasteiger partial charge is 0.319 e. The van der Waals surface area contributed by atoms with Crippen LogP contribution < -0.4 is 16.0 Å². The van der Waals surface area contributed by atoms with Crippen LogP contribution in [0.5, 0.6) is 0 Å². The van der Waals surface area contributed by atoms with Gasteiger partial charge in [-0.2, -0.15) is 0 Å². The summed E-state index contributed by atoms with van der Waals surface area (Å²) in [6.45, 7) is 2.37. The Labute approximate surface area is 180 Å². The predicted octanol–water partition coefficient (Wildman–Crippen LogP) is 4.73.